The largest absolute Gasteiger partial charge is 0.489 e. The van der Waals surface area contributed by atoms with E-state index in [9.17, 15) is 0 Å². The Bertz CT molecular complexity index is 2970. The Balaban J connectivity index is 1.11. The first-order chi connectivity index (χ1) is 32.2. The minimum absolute atomic E-state index is 0.0184. The van der Waals surface area contributed by atoms with Crippen LogP contribution in [0.25, 0.3) is 33.4 Å². The molecule has 0 bridgehead atoms. The number of benzene rings is 9. The molecule has 9 aromatic rings. The van der Waals surface area contributed by atoms with Crippen molar-refractivity contribution in [3.63, 3.8) is 0 Å². The van der Waals surface area contributed by atoms with E-state index in [1.165, 1.54) is 72.3 Å². The van der Waals surface area contributed by atoms with E-state index >= 15 is 0 Å². The molecule has 0 aromatic heterocycles. The predicted molar refractivity (Wildman–Crippen MR) is 277 cm³/mol. The minimum Gasteiger partial charge on any atom is -0.489 e. The zero-order valence-electron chi connectivity index (χ0n) is 38.7. The van der Waals surface area contributed by atoms with Crippen molar-refractivity contribution in [2.24, 2.45) is 0 Å². The molecular formula is C64H57NO. The lowest BCUT2D eigenvalue weighted by molar-refractivity contribution is 0.306. The van der Waals surface area contributed by atoms with E-state index in [1.54, 1.807) is 0 Å². The van der Waals surface area contributed by atoms with Crippen molar-refractivity contribution in [3.8, 4) is 39.1 Å². The van der Waals surface area contributed by atoms with Crippen molar-refractivity contribution in [1.29, 1.82) is 0 Å². The van der Waals surface area contributed by atoms with Gasteiger partial charge in [-0.1, -0.05) is 211 Å². The molecule has 0 saturated carbocycles. The van der Waals surface area contributed by atoms with E-state index < -0.39 is 5.41 Å². The summed E-state index contributed by atoms with van der Waals surface area (Å²) in [6.45, 7) is 11.9. The highest BCUT2D eigenvalue weighted by molar-refractivity contribution is 5.90. The average molecular weight is 856 g/mol. The molecule has 1 aliphatic rings. The summed E-state index contributed by atoms with van der Waals surface area (Å²) in [4.78, 5) is 2.41. The monoisotopic (exact) mass is 855 g/mol. The van der Waals surface area contributed by atoms with Crippen LogP contribution in [0.1, 0.15) is 85.9 Å². The van der Waals surface area contributed by atoms with Crippen molar-refractivity contribution >= 4 is 17.1 Å². The molecule has 2 unspecified atom stereocenters. The third kappa shape index (κ3) is 8.02. The Labute approximate surface area is 391 Å². The van der Waals surface area contributed by atoms with Crippen LogP contribution in [0.2, 0.25) is 0 Å². The third-order valence-corrected chi connectivity index (χ3v) is 13.8. The third-order valence-electron chi connectivity index (χ3n) is 13.8. The van der Waals surface area contributed by atoms with Crippen LogP contribution in [0.4, 0.5) is 17.1 Å². The van der Waals surface area contributed by atoms with E-state index in [-0.39, 0.29) is 5.41 Å². The summed E-state index contributed by atoms with van der Waals surface area (Å²) < 4.78 is 6.48. The molecule has 0 amide bonds. The standard InChI is InChI=1S/C64H57NO/c1-6-45(2)47-23-21-46(22-24-47)44-66-58-40-33-54(34-41-58)64(53-31-29-52(30-32-53)63(3,4)5)61-20-14-13-19-59(61)60-42-39-57(43-62(60)64)65(55-35-25-50(26-36-55)48-15-9-7-10-16-48)56-37-27-51(28-38-56)49-17-11-8-12-18-49/h7-43,45H,6,44H2,1-5H3. The Kier molecular flexibility index (Phi) is 11.5. The Morgan fingerprint density at radius 2 is 0.955 bits per heavy atom. The van der Waals surface area contributed by atoms with Crippen LogP contribution in [0.5, 0.6) is 5.75 Å². The zero-order chi connectivity index (χ0) is 45.3. The second-order valence-electron chi connectivity index (χ2n) is 18.9. The van der Waals surface area contributed by atoms with Gasteiger partial charge in [0, 0.05) is 17.1 Å². The summed E-state index contributed by atoms with van der Waals surface area (Å²) in [6, 6.07) is 82.5. The van der Waals surface area contributed by atoms with Gasteiger partial charge in [-0.25, -0.2) is 0 Å². The maximum atomic E-state index is 6.48. The highest BCUT2D eigenvalue weighted by Crippen LogP contribution is 2.57. The number of hydrogen-bond donors (Lipinski definition) is 0. The number of anilines is 3. The fourth-order valence-electron chi connectivity index (χ4n) is 9.88. The Hall–Kier alpha value is -7.42. The normalized spacial score (nSPS) is 14.6. The maximum absolute atomic E-state index is 6.48. The van der Waals surface area contributed by atoms with Gasteiger partial charge in [-0.3, -0.25) is 0 Å². The summed E-state index contributed by atoms with van der Waals surface area (Å²) in [5.74, 6) is 1.40. The summed E-state index contributed by atoms with van der Waals surface area (Å²) in [7, 11) is 0. The molecule has 2 nitrogen and oxygen atoms in total. The smallest absolute Gasteiger partial charge is 0.119 e. The van der Waals surface area contributed by atoms with E-state index in [1.807, 2.05) is 0 Å². The van der Waals surface area contributed by atoms with Crippen molar-refractivity contribution in [2.75, 3.05) is 4.90 Å². The molecule has 324 valence electrons. The molecule has 2 atom stereocenters. The summed E-state index contributed by atoms with van der Waals surface area (Å²) >= 11 is 0. The lowest BCUT2D eigenvalue weighted by Gasteiger charge is -2.35. The molecule has 0 N–H and O–H groups in total. The molecule has 0 aliphatic heterocycles. The molecule has 10 rings (SSSR count). The molecule has 1 aliphatic carbocycles. The number of rotatable bonds is 12. The second kappa shape index (κ2) is 17.9. The van der Waals surface area contributed by atoms with Crippen LogP contribution in [-0.2, 0) is 17.4 Å². The van der Waals surface area contributed by atoms with Crippen LogP contribution in [-0.4, -0.2) is 0 Å². The molecule has 66 heavy (non-hydrogen) atoms. The number of ether oxygens (including phenoxy) is 1. The SMILES string of the molecule is CCC(C)c1ccc(COc2ccc(C3(c4ccc(C(C)(C)C)cc4)c4ccccc4-c4ccc(N(c5ccc(-c6ccccc6)cc5)c5ccc(-c6ccccc6)cc5)cc43)cc2)cc1. The van der Waals surface area contributed by atoms with Gasteiger partial charge in [0.2, 0.25) is 0 Å². The zero-order valence-corrected chi connectivity index (χ0v) is 38.7. The van der Waals surface area contributed by atoms with Gasteiger partial charge in [-0.2, -0.15) is 0 Å². The summed E-state index contributed by atoms with van der Waals surface area (Å²) in [5, 5.41) is 0. The van der Waals surface area contributed by atoms with E-state index in [0.29, 0.717) is 12.5 Å². The molecule has 0 saturated heterocycles. The van der Waals surface area contributed by atoms with Crippen LogP contribution in [0.15, 0.2) is 224 Å². The fraction of sp³-hybridized carbons (Fsp3) is 0.156. The van der Waals surface area contributed by atoms with Gasteiger partial charge < -0.3 is 9.64 Å². The number of hydrogen-bond acceptors (Lipinski definition) is 2. The first-order valence-corrected chi connectivity index (χ1v) is 23.5. The van der Waals surface area contributed by atoms with Crippen molar-refractivity contribution in [3.05, 3.63) is 263 Å². The van der Waals surface area contributed by atoms with Gasteiger partial charge in [0.05, 0.1) is 5.41 Å². The van der Waals surface area contributed by atoms with Gasteiger partial charge in [0.15, 0.2) is 0 Å². The minimum atomic E-state index is -0.608. The summed E-state index contributed by atoms with van der Waals surface area (Å²) in [6.07, 6.45) is 1.13. The topological polar surface area (TPSA) is 12.5 Å². The quantitative estimate of drug-likeness (QED) is 0.121. The molecule has 0 fully saturated rings. The van der Waals surface area contributed by atoms with Gasteiger partial charge in [-0.15, -0.1) is 0 Å². The van der Waals surface area contributed by atoms with Gasteiger partial charge in [0.1, 0.15) is 12.4 Å². The van der Waals surface area contributed by atoms with Crippen molar-refractivity contribution < 1.29 is 4.74 Å². The van der Waals surface area contributed by atoms with Crippen LogP contribution < -0.4 is 9.64 Å². The predicted octanol–water partition coefficient (Wildman–Crippen LogP) is 17.2. The van der Waals surface area contributed by atoms with E-state index in [0.717, 1.165) is 29.2 Å². The first-order valence-electron chi connectivity index (χ1n) is 23.5. The van der Waals surface area contributed by atoms with Gasteiger partial charge >= 0.3 is 0 Å². The van der Waals surface area contributed by atoms with E-state index in [4.69, 9.17) is 4.74 Å². The lowest BCUT2D eigenvalue weighted by atomic mass is 9.67. The molecule has 0 spiro atoms. The summed E-state index contributed by atoms with van der Waals surface area (Å²) in [5.41, 5.74) is 18.8. The average Bonchev–Trinajstić information content (AvgIpc) is 3.67. The van der Waals surface area contributed by atoms with Gasteiger partial charge in [-0.05, 0) is 139 Å². The molecule has 0 heterocycles. The van der Waals surface area contributed by atoms with Crippen LogP contribution in [0, 0.1) is 0 Å². The van der Waals surface area contributed by atoms with Crippen molar-refractivity contribution in [1.82, 2.24) is 0 Å². The molecule has 0 radical (unpaired) electrons. The Morgan fingerprint density at radius 1 is 0.470 bits per heavy atom. The van der Waals surface area contributed by atoms with Crippen molar-refractivity contribution in [2.45, 2.75) is 64.4 Å². The van der Waals surface area contributed by atoms with Crippen LogP contribution in [0.3, 0.4) is 0 Å². The lowest BCUT2D eigenvalue weighted by Crippen LogP contribution is -2.29. The van der Waals surface area contributed by atoms with Crippen LogP contribution >= 0.6 is 0 Å². The highest BCUT2D eigenvalue weighted by Gasteiger charge is 2.46. The van der Waals surface area contributed by atoms with E-state index in [2.05, 4.69) is 264 Å². The number of nitrogens with zero attached hydrogens (tertiary/aromatic N) is 1. The molecular weight excluding hydrogens is 799 g/mol. The number of fused-ring (bicyclic) bond motifs is 3. The second-order valence-corrected chi connectivity index (χ2v) is 18.9. The molecule has 2 heteroatoms. The molecule has 9 aromatic carbocycles. The first kappa shape index (κ1) is 42.5. The van der Waals surface area contributed by atoms with Gasteiger partial charge in [0.25, 0.3) is 0 Å². The maximum Gasteiger partial charge on any atom is 0.119 e. The fourth-order valence-corrected chi connectivity index (χ4v) is 9.88. The Morgan fingerprint density at radius 3 is 1.50 bits per heavy atom. The highest BCUT2D eigenvalue weighted by atomic mass is 16.5.